The Hall–Kier alpha value is -3.23. The van der Waals surface area contributed by atoms with Crippen LogP contribution in [0.15, 0.2) is 71.7 Å². The topological polar surface area (TPSA) is 72.7 Å². The van der Waals surface area contributed by atoms with E-state index in [4.69, 9.17) is 0 Å². The first-order chi connectivity index (χ1) is 16.7. The van der Waals surface area contributed by atoms with Gasteiger partial charge in [0.1, 0.15) is 0 Å². The number of carbonyl (C=O) groups is 1. The number of anilines is 1. The Labute approximate surface area is 214 Å². The van der Waals surface area contributed by atoms with Crippen LogP contribution in [0, 0.1) is 6.92 Å². The fourth-order valence-corrected chi connectivity index (χ4v) is 4.98. The molecule has 2 aromatic heterocycles. The molecule has 2 heterocycles. The van der Waals surface area contributed by atoms with Crippen molar-refractivity contribution >= 4 is 34.1 Å². The molecule has 0 radical (unpaired) electrons. The highest BCUT2D eigenvalue weighted by atomic mass is 32.2. The molecule has 8 heteroatoms. The lowest BCUT2D eigenvalue weighted by atomic mass is 9.87. The second-order valence-corrected chi connectivity index (χ2v) is 11.1. The molecular formula is C27H29N5OS2. The number of benzene rings is 2. The summed E-state index contributed by atoms with van der Waals surface area (Å²) in [5.41, 5.74) is 5.40. The molecule has 2 aromatic carbocycles. The molecular weight excluding hydrogens is 474 g/mol. The Bertz CT molecular complexity index is 1320. The quantitative estimate of drug-likeness (QED) is 0.217. The first-order valence-corrected chi connectivity index (χ1v) is 13.2. The molecule has 0 aliphatic carbocycles. The van der Waals surface area contributed by atoms with Gasteiger partial charge in [0.05, 0.1) is 11.4 Å². The van der Waals surface area contributed by atoms with E-state index < -0.39 is 0 Å². The van der Waals surface area contributed by atoms with Crippen molar-refractivity contribution in [3.8, 4) is 22.6 Å². The number of hydrogen-bond acceptors (Lipinski definition) is 6. The number of nitrogens with zero attached hydrogens (tertiary/aromatic N) is 4. The van der Waals surface area contributed by atoms with Crippen molar-refractivity contribution in [1.29, 1.82) is 0 Å². The fourth-order valence-electron chi connectivity index (χ4n) is 3.50. The number of hydrogen-bond donors (Lipinski definition) is 1. The summed E-state index contributed by atoms with van der Waals surface area (Å²) in [5, 5.41) is 14.9. The molecule has 0 aliphatic heterocycles. The molecule has 0 unspecified atom stereocenters. The van der Waals surface area contributed by atoms with Gasteiger partial charge in [-0.15, -0.1) is 28.1 Å². The van der Waals surface area contributed by atoms with Gasteiger partial charge in [0, 0.05) is 23.1 Å². The van der Waals surface area contributed by atoms with Crippen LogP contribution < -0.4 is 5.32 Å². The first-order valence-electron chi connectivity index (χ1n) is 11.3. The van der Waals surface area contributed by atoms with Crippen molar-refractivity contribution in [3.05, 3.63) is 77.7 Å². The second-order valence-electron chi connectivity index (χ2n) is 9.27. The number of thiazole rings is 1. The van der Waals surface area contributed by atoms with E-state index in [-0.39, 0.29) is 17.1 Å². The molecule has 35 heavy (non-hydrogen) atoms. The smallest absolute Gasteiger partial charge is 0.236 e. The number of rotatable bonds is 8. The summed E-state index contributed by atoms with van der Waals surface area (Å²) in [7, 11) is 0. The molecule has 0 bridgehead atoms. The van der Waals surface area contributed by atoms with Crippen molar-refractivity contribution in [1.82, 2.24) is 19.7 Å². The highest BCUT2D eigenvalue weighted by Crippen LogP contribution is 2.29. The maximum absolute atomic E-state index is 12.6. The van der Waals surface area contributed by atoms with Gasteiger partial charge in [-0.25, -0.2) is 4.98 Å². The number of aromatic nitrogens is 4. The van der Waals surface area contributed by atoms with Crippen LogP contribution >= 0.6 is 23.1 Å². The van der Waals surface area contributed by atoms with Crippen molar-refractivity contribution < 1.29 is 4.79 Å². The predicted molar refractivity (Wildman–Crippen MR) is 146 cm³/mol. The number of carbonyl (C=O) groups excluding carboxylic acids is 1. The molecule has 4 aromatic rings. The molecule has 0 saturated carbocycles. The zero-order chi connectivity index (χ0) is 25.0. The van der Waals surface area contributed by atoms with Gasteiger partial charge in [0.15, 0.2) is 16.1 Å². The van der Waals surface area contributed by atoms with Gasteiger partial charge in [0.25, 0.3) is 0 Å². The molecule has 4 rings (SSSR count). The minimum absolute atomic E-state index is 0.0833. The van der Waals surface area contributed by atoms with Crippen LogP contribution in [-0.4, -0.2) is 31.4 Å². The average Bonchev–Trinajstić information content (AvgIpc) is 3.45. The van der Waals surface area contributed by atoms with Gasteiger partial charge >= 0.3 is 0 Å². The maximum atomic E-state index is 12.6. The largest absolute Gasteiger partial charge is 0.301 e. The van der Waals surface area contributed by atoms with E-state index in [1.54, 1.807) is 0 Å². The van der Waals surface area contributed by atoms with E-state index in [1.807, 2.05) is 28.2 Å². The zero-order valence-corrected chi connectivity index (χ0v) is 22.0. The second kappa shape index (κ2) is 10.6. The molecule has 1 N–H and O–H groups in total. The highest BCUT2D eigenvalue weighted by Gasteiger charge is 2.18. The minimum Gasteiger partial charge on any atom is -0.301 e. The van der Waals surface area contributed by atoms with E-state index in [2.05, 4.69) is 91.2 Å². The normalized spacial score (nSPS) is 11.4. The summed E-state index contributed by atoms with van der Waals surface area (Å²) in [4.78, 5) is 17.2. The van der Waals surface area contributed by atoms with Crippen molar-refractivity contribution in [2.45, 2.75) is 44.8 Å². The molecule has 0 atom stereocenters. The summed E-state index contributed by atoms with van der Waals surface area (Å²) in [6.07, 6.45) is 1.81. The van der Waals surface area contributed by atoms with Gasteiger partial charge in [-0.1, -0.05) is 92.7 Å². The van der Waals surface area contributed by atoms with Gasteiger partial charge in [0.2, 0.25) is 5.91 Å². The van der Waals surface area contributed by atoms with Crippen molar-refractivity contribution in [2.75, 3.05) is 11.1 Å². The molecule has 0 spiro atoms. The Morgan fingerprint density at radius 1 is 1.09 bits per heavy atom. The van der Waals surface area contributed by atoms with E-state index in [1.165, 1.54) is 34.2 Å². The number of amides is 1. The molecule has 0 fully saturated rings. The lowest BCUT2D eigenvalue weighted by molar-refractivity contribution is -0.113. The standard InChI is InChI=1S/C27H29N5OS2/c1-6-15-32-24(20-11-13-21(14-12-20)27(3,4)5)30-31-26(32)35-17-23(33)29-25-28-22(16-34-25)19-9-7-18(2)8-10-19/h6-14,16H,1,15,17H2,2-5H3,(H,28,29,33). The third kappa shape index (κ3) is 6.07. The third-order valence-corrected chi connectivity index (χ3v) is 7.19. The fraction of sp³-hybridized carbons (Fsp3) is 0.259. The Morgan fingerprint density at radius 3 is 2.43 bits per heavy atom. The molecule has 1 amide bonds. The van der Waals surface area contributed by atoms with E-state index in [9.17, 15) is 4.79 Å². The Balaban J connectivity index is 1.42. The SMILES string of the molecule is C=CCn1c(SCC(=O)Nc2nc(-c3ccc(C)cc3)cs2)nnc1-c1ccc(C(C)(C)C)cc1. The molecule has 0 saturated heterocycles. The number of nitrogens with one attached hydrogen (secondary N) is 1. The third-order valence-electron chi connectivity index (χ3n) is 5.47. The van der Waals surface area contributed by atoms with Crippen LogP contribution in [-0.2, 0) is 16.8 Å². The number of thioether (sulfide) groups is 1. The Morgan fingerprint density at radius 2 is 1.77 bits per heavy atom. The Kier molecular flexibility index (Phi) is 7.52. The zero-order valence-electron chi connectivity index (χ0n) is 20.4. The monoisotopic (exact) mass is 503 g/mol. The molecule has 6 nitrogen and oxygen atoms in total. The lowest BCUT2D eigenvalue weighted by Gasteiger charge is -2.19. The van der Waals surface area contributed by atoms with Crippen LogP contribution in [0.5, 0.6) is 0 Å². The van der Waals surface area contributed by atoms with Crippen molar-refractivity contribution in [2.24, 2.45) is 0 Å². The number of allylic oxidation sites excluding steroid dienone is 1. The van der Waals surface area contributed by atoms with Crippen LogP contribution in [0.3, 0.4) is 0 Å². The van der Waals surface area contributed by atoms with Gasteiger partial charge in [-0.3, -0.25) is 9.36 Å². The maximum Gasteiger partial charge on any atom is 0.236 e. The number of aryl methyl sites for hydroxylation is 1. The molecule has 0 aliphatic rings. The van der Waals surface area contributed by atoms with Crippen molar-refractivity contribution in [3.63, 3.8) is 0 Å². The first kappa shape index (κ1) is 24.9. The van der Waals surface area contributed by atoms with Crippen LogP contribution in [0.4, 0.5) is 5.13 Å². The summed E-state index contributed by atoms with van der Waals surface area (Å²) in [6, 6.07) is 16.6. The predicted octanol–water partition coefficient (Wildman–Crippen LogP) is 6.59. The van der Waals surface area contributed by atoms with Crippen LogP contribution in [0.1, 0.15) is 31.9 Å². The average molecular weight is 504 g/mol. The van der Waals surface area contributed by atoms with Crippen LogP contribution in [0.2, 0.25) is 0 Å². The highest BCUT2D eigenvalue weighted by molar-refractivity contribution is 7.99. The molecule has 180 valence electrons. The van der Waals surface area contributed by atoms with Gasteiger partial charge in [-0.2, -0.15) is 0 Å². The van der Waals surface area contributed by atoms with E-state index in [0.717, 1.165) is 22.6 Å². The summed E-state index contributed by atoms with van der Waals surface area (Å²) in [6.45, 7) is 13.1. The van der Waals surface area contributed by atoms with E-state index >= 15 is 0 Å². The van der Waals surface area contributed by atoms with Gasteiger partial charge < -0.3 is 5.32 Å². The van der Waals surface area contributed by atoms with Gasteiger partial charge in [-0.05, 0) is 17.9 Å². The van der Waals surface area contributed by atoms with Crippen LogP contribution in [0.25, 0.3) is 22.6 Å². The summed E-state index contributed by atoms with van der Waals surface area (Å²) < 4.78 is 1.98. The summed E-state index contributed by atoms with van der Waals surface area (Å²) >= 11 is 2.76. The lowest BCUT2D eigenvalue weighted by Crippen LogP contribution is -2.14. The summed E-state index contributed by atoms with van der Waals surface area (Å²) in [5.74, 6) is 0.831. The van der Waals surface area contributed by atoms with E-state index in [0.29, 0.717) is 16.8 Å². The minimum atomic E-state index is -0.135.